The molecule has 0 aliphatic carbocycles. The number of benzene rings is 1. The van der Waals surface area contributed by atoms with E-state index in [1.807, 2.05) is 24.1 Å². The minimum absolute atomic E-state index is 0.0782. The van der Waals surface area contributed by atoms with Crippen LogP contribution in [0.5, 0.6) is 5.75 Å². The first-order valence-corrected chi connectivity index (χ1v) is 8.08. The van der Waals surface area contributed by atoms with Crippen molar-refractivity contribution in [2.24, 2.45) is 0 Å². The predicted octanol–water partition coefficient (Wildman–Crippen LogP) is 2.57. The Kier molecular flexibility index (Phi) is 5.46. The maximum absolute atomic E-state index is 12.2. The second kappa shape index (κ2) is 7.14. The van der Waals surface area contributed by atoms with Gasteiger partial charge >= 0.3 is 0 Å². The van der Waals surface area contributed by atoms with Gasteiger partial charge in [0, 0.05) is 19.1 Å². The third kappa shape index (κ3) is 4.47. The van der Waals surface area contributed by atoms with E-state index in [1.54, 1.807) is 0 Å². The summed E-state index contributed by atoms with van der Waals surface area (Å²) in [6.07, 6.45) is 2.03. The zero-order valence-corrected chi connectivity index (χ0v) is 14.2. The standard InChI is InChI=1S/C18H28N2O2/c1-18(2,3)14-5-7-16(8-6-14)22-13-17(21)20-11-9-15(19-4)10-12-20/h5-8,15,19H,9-13H2,1-4H3. The lowest BCUT2D eigenvalue weighted by atomic mass is 9.87. The van der Waals surface area contributed by atoms with Crippen LogP contribution in [-0.4, -0.2) is 43.6 Å². The van der Waals surface area contributed by atoms with Crippen LogP contribution in [0.2, 0.25) is 0 Å². The monoisotopic (exact) mass is 304 g/mol. The van der Waals surface area contributed by atoms with Gasteiger partial charge in [-0.15, -0.1) is 0 Å². The third-order valence-electron chi connectivity index (χ3n) is 4.34. The summed E-state index contributed by atoms with van der Waals surface area (Å²) in [6, 6.07) is 8.56. The van der Waals surface area contributed by atoms with E-state index in [0.717, 1.165) is 31.7 Å². The van der Waals surface area contributed by atoms with Gasteiger partial charge < -0.3 is 15.0 Å². The summed E-state index contributed by atoms with van der Waals surface area (Å²) < 4.78 is 5.64. The van der Waals surface area contributed by atoms with Gasteiger partial charge in [-0.2, -0.15) is 0 Å². The zero-order valence-electron chi connectivity index (χ0n) is 14.2. The van der Waals surface area contributed by atoms with Gasteiger partial charge in [0.05, 0.1) is 0 Å². The average molecular weight is 304 g/mol. The Morgan fingerprint density at radius 2 is 1.82 bits per heavy atom. The van der Waals surface area contributed by atoms with Crippen LogP contribution in [-0.2, 0) is 10.2 Å². The number of amides is 1. The van der Waals surface area contributed by atoms with Crippen molar-refractivity contribution in [3.05, 3.63) is 29.8 Å². The molecule has 1 amide bonds. The van der Waals surface area contributed by atoms with Crippen LogP contribution < -0.4 is 10.1 Å². The molecular weight excluding hydrogens is 276 g/mol. The van der Waals surface area contributed by atoms with Crippen LogP contribution >= 0.6 is 0 Å². The molecule has 0 spiro atoms. The second-order valence-electron chi connectivity index (χ2n) is 7.01. The number of ether oxygens (including phenoxy) is 1. The lowest BCUT2D eigenvalue weighted by Crippen LogP contribution is -2.45. The molecule has 1 fully saturated rings. The van der Waals surface area contributed by atoms with E-state index in [0.29, 0.717) is 6.04 Å². The van der Waals surface area contributed by atoms with Crippen molar-refractivity contribution in [2.75, 3.05) is 26.7 Å². The third-order valence-corrected chi connectivity index (χ3v) is 4.34. The SMILES string of the molecule is CNC1CCN(C(=O)COc2ccc(C(C)(C)C)cc2)CC1. The summed E-state index contributed by atoms with van der Waals surface area (Å²) in [7, 11) is 1.98. The van der Waals surface area contributed by atoms with Gasteiger partial charge in [-0.05, 0) is 43.0 Å². The number of piperidine rings is 1. The molecule has 0 atom stereocenters. The highest BCUT2D eigenvalue weighted by molar-refractivity contribution is 5.77. The summed E-state index contributed by atoms with van der Waals surface area (Å²) in [5, 5.41) is 3.27. The van der Waals surface area contributed by atoms with Gasteiger partial charge in [-0.3, -0.25) is 4.79 Å². The molecule has 0 unspecified atom stereocenters. The van der Waals surface area contributed by atoms with Crippen molar-refractivity contribution in [1.29, 1.82) is 0 Å². The minimum Gasteiger partial charge on any atom is -0.484 e. The van der Waals surface area contributed by atoms with Crippen LogP contribution in [0.4, 0.5) is 0 Å². The van der Waals surface area contributed by atoms with Gasteiger partial charge in [0.1, 0.15) is 5.75 Å². The van der Waals surface area contributed by atoms with Crippen LogP contribution in [0.3, 0.4) is 0 Å². The lowest BCUT2D eigenvalue weighted by Gasteiger charge is -2.31. The van der Waals surface area contributed by atoms with Crippen molar-refractivity contribution >= 4 is 5.91 Å². The van der Waals surface area contributed by atoms with Gasteiger partial charge in [0.15, 0.2) is 6.61 Å². The second-order valence-corrected chi connectivity index (χ2v) is 7.01. The maximum Gasteiger partial charge on any atom is 0.260 e. The number of hydrogen-bond acceptors (Lipinski definition) is 3. The number of carbonyl (C=O) groups excluding carboxylic acids is 1. The van der Waals surface area contributed by atoms with Gasteiger partial charge in [0.25, 0.3) is 5.91 Å². The highest BCUT2D eigenvalue weighted by Gasteiger charge is 2.22. The van der Waals surface area contributed by atoms with E-state index >= 15 is 0 Å². The quantitative estimate of drug-likeness (QED) is 0.929. The molecule has 1 aromatic rings. The van der Waals surface area contributed by atoms with Gasteiger partial charge in [-0.1, -0.05) is 32.9 Å². The molecule has 0 aromatic heterocycles. The molecule has 1 aliphatic rings. The lowest BCUT2D eigenvalue weighted by molar-refractivity contribution is -0.134. The van der Waals surface area contributed by atoms with Gasteiger partial charge in [0.2, 0.25) is 0 Å². The molecular formula is C18H28N2O2. The fourth-order valence-corrected chi connectivity index (χ4v) is 2.71. The summed E-state index contributed by atoms with van der Waals surface area (Å²) in [4.78, 5) is 14.1. The number of hydrogen-bond donors (Lipinski definition) is 1. The Balaban J connectivity index is 1.81. The highest BCUT2D eigenvalue weighted by Crippen LogP contribution is 2.24. The molecule has 22 heavy (non-hydrogen) atoms. The molecule has 4 heteroatoms. The molecule has 0 saturated carbocycles. The van der Waals surface area contributed by atoms with Crippen molar-refractivity contribution in [3.63, 3.8) is 0 Å². The first kappa shape index (κ1) is 16.8. The van der Waals surface area contributed by atoms with Crippen molar-refractivity contribution < 1.29 is 9.53 Å². The molecule has 1 saturated heterocycles. The first-order chi connectivity index (χ1) is 10.4. The summed E-state index contributed by atoms with van der Waals surface area (Å²) in [5.41, 5.74) is 1.40. The molecule has 1 aromatic carbocycles. The van der Waals surface area contributed by atoms with E-state index in [1.165, 1.54) is 5.56 Å². The Labute approximate surface area is 133 Å². The summed E-state index contributed by atoms with van der Waals surface area (Å²) >= 11 is 0. The smallest absolute Gasteiger partial charge is 0.260 e. The molecule has 0 bridgehead atoms. The molecule has 1 N–H and O–H groups in total. The van der Waals surface area contributed by atoms with Crippen LogP contribution in [0.15, 0.2) is 24.3 Å². The van der Waals surface area contributed by atoms with Crippen molar-refractivity contribution in [3.8, 4) is 5.75 Å². The summed E-state index contributed by atoms with van der Waals surface area (Å²) in [6.45, 7) is 8.30. The van der Waals surface area contributed by atoms with Gasteiger partial charge in [-0.25, -0.2) is 0 Å². The molecule has 4 nitrogen and oxygen atoms in total. The maximum atomic E-state index is 12.2. The Hall–Kier alpha value is -1.55. The van der Waals surface area contributed by atoms with E-state index in [9.17, 15) is 4.79 Å². The topological polar surface area (TPSA) is 41.6 Å². The fourth-order valence-electron chi connectivity index (χ4n) is 2.71. The minimum atomic E-state index is 0.0782. The molecule has 1 aliphatic heterocycles. The van der Waals surface area contributed by atoms with Crippen LogP contribution in [0.1, 0.15) is 39.2 Å². The number of nitrogens with zero attached hydrogens (tertiary/aromatic N) is 1. The largest absolute Gasteiger partial charge is 0.484 e. The molecule has 0 radical (unpaired) electrons. The molecule has 1 heterocycles. The van der Waals surface area contributed by atoms with Crippen LogP contribution in [0.25, 0.3) is 0 Å². The van der Waals surface area contributed by atoms with E-state index in [2.05, 4.69) is 38.2 Å². The Bertz CT molecular complexity index is 483. The average Bonchev–Trinajstić information content (AvgIpc) is 2.52. The number of likely N-dealkylation sites (tertiary alicyclic amines) is 1. The summed E-state index contributed by atoms with van der Waals surface area (Å²) in [5.74, 6) is 0.834. The Morgan fingerprint density at radius 1 is 1.23 bits per heavy atom. The van der Waals surface area contributed by atoms with E-state index < -0.39 is 0 Å². The fraction of sp³-hybridized carbons (Fsp3) is 0.611. The Morgan fingerprint density at radius 3 is 2.32 bits per heavy atom. The van der Waals surface area contributed by atoms with E-state index in [4.69, 9.17) is 4.74 Å². The van der Waals surface area contributed by atoms with Crippen LogP contribution in [0, 0.1) is 0 Å². The molecule has 122 valence electrons. The number of carbonyl (C=O) groups is 1. The highest BCUT2D eigenvalue weighted by atomic mass is 16.5. The number of nitrogens with one attached hydrogen (secondary N) is 1. The van der Waals surface area contributed by atoms with Crippen molar-refractivity contribution in [2.45, 2.75) is 45.1 Å². The normalized spacial score (nSPS) is 16.6. The van der Waals surface area contributed by atoms with Crippen molar-refractivity contribution in [1.82, 2.24) is 10.2 Å². The first-order valence-electron chi connectivity index (χ1n) is 8.08. The predicted molar refractivity (Wildman–Crippen MR) is 89.3 cm³/mol. The van der Waals surface area contributed by atoms with E-state index in [-0.39, 0.29) is 17.9 Å². The number of rotatable bonds is 4. The molecule has 2 rings (SSSR count). The zero-order chi connectivity index (χ0) is 16.2.